The standard InChI is InChI=1S/C19H18ClN5O3/c1-12(26)28-17(13-3-2-4-21-10-13)14-9-15-16(22-11-14)18(24-19(20)23-15)25-5-7-27-8-6-25/h2-4,9-11,17H,5-8H2,1H3. The Morgan fingerprint density at radius 1 is 1.25 bits per heavy atom. The molecule has 9 heteroatoms. The first-order chi connectivity index (χ1) is 13.6. The van der Waals surface area contributed by atoms with Gasteiger partial charge in [-0.15, -0.1) is 0 Å². The van der Waals surface area contributed by atoms with Crippen LogP contribution >= 0.6 is 11.6 Å². The van der Waals surface area contributed by atoms with Crippen molar-refractivity contribution in [3.8, 4) is 0 Å². The van der Waals surface area contributed by atoms with Gasteiger partial charge in [0.25, 0.3) is 0 Å². The molecule has 0 amide bonds. The summed E-state index contributed by atoms with van der Waals surface area (Å²) in [6.45, 7) is 4.02. The Morgan fingerprint density at radius 3 is 2.79 bits per heavy atom. The smallest absolute Gasteiger partial charge is 0.303 e. The quantitative estimate of drug-likeness (QED) is 0.488. The Bertz CT molecular complexity index is 996. The molecule has 4 rings (SSSR count). The Morgan fingerprint density at radius 2 is 2.07 bits per heavy atom. The summed E-state index contributed by atoms with van der Waals surface area (Å²) in [6.07, 6.45) is 4.35. The van der Waals surface area contributed by atoms with Crippen molar-refractivity contribution >= 4 is 34.4 Å². The van der Waals surface area contributed by atoms with Gasteiger partial charge in [-0.05, 0) is 23.7 Å². The predicted octanol–water partition coefficient (Wildman–Crippen LogP) is 2.56. The Hall–Kier alpha value is -2.84. The minimum Gasteiger partial charge on any atom is -0.453 e. The zero-order valence-electron chi connectivity index (χ0n) is 15.2. The van der Waals surface area contributed by atoms with Crippen molar-refractivity contribution in [2.24, 2.45) is 0 Å². The first-order valence-corrected chi connectivity index (χ1v) is 9.22. The van der Waals surface area contributed by atoms with E-state index in [2.05, 4.69) is 24.8 Å². The lowest BCUT2D eigenvalue weighted by Crippen LogP contribution is -2.37. The number of hydrogen-bond acceptors (Lipinski definition) is 8. The molecule has 144 valence electrons. The minimum absolute atomic E-state index is 0.137. The van der Waals surface area contributed by atoms with Crippen molar-refractivity contribution in [3.63, 3.8) is 0 Å². The lowest BCUT2D eigenvalue weighted by Gasteiger charge is -2.28. The molecule has 4 heterocycles. The molecule has 0 radical (unpaired) electrons. The topological polar surface area (TPSA) is 90.3 Å². The SMILES string of the molecule is CC(=O)OC(c1cccnc1)c1cnc2c(N3CCOCC3)nc(Cl)nc2c1. The average Bonchev–Trinajstić information content (AvgIpc) is 2.72. The van der Waals surface area contributed by atoms with Crippen LogP contribution in [-0.2, 0) is 14.3 Å². The Labute approximate surface area is 166 Å². The summed E-state index contributed by atoms with van der Waals surface area (Å²) in [5.41, 5.74) is 2.65. The maximum absolute atomic E-state index is 11.7. The Balaban J connectivity index is 1.78. The number of rotatable bonds is 4. The van der Waals surface area contributed by atoms with Crippen molar-refractivity contribution in [2.45, 2.75) is 13.0 Å². The number of pyridine rings is 2. The van der Waals surface area contributed by atoms with Crippen molar-refractivity contribution in [2.75, 3.05) is 31.2 Å². The lowest BCUT2D eigenvalue weighted by atomic mass is 10.0. The fourth-order valence-electron chi connectivity index (χ4n) is 3.16. The minimum atomic E-state index is -0.635. The number of nitrogens with zero attached hydrogens (tertiary/aromatic N) is 5. The number of hydrogen-bond donors (Lipinski definition) is 0. The highest BCUT2D eigenvalue weighted by Gasteiger charge is 2.22. The van der Waals surface area contributed by atoms with Crippen LogP contribution in [0.5, 0.6) is 0 Å². The number of esters is 1. The summed E-state index contributed by atoms with van der Waals surface area (Å²) in [7, 11) is 0. The molecule has 3 aromatic rings. The molecular formula is C19H18ClN5O3. The number of aromatic nitrogens is 4. The Kier molecular flexibility index (Phi) is 5.31. The van der Waals surface area contributed by atoms with Crippen molar-refractivity contribution in [3.05, 3.63) is 53.2 Å². The highest BCUT2D eigenvalue weighted by atomic mass is 35.5. The highest BCUT2D eigenvalue weighted by Crippen LogP contribution is 2.30. The summed E-state index contributed by atoms with van der Waals surface area (Å²) in [5, 5.41) is 0.137. The fraction of sp³-hybridized carbons (Fsp3) is 0.316. The molecule has 8 nitrogen and oxygen atoms in total. The van der Waals surface area contributed by atoms with Gasteiger partial charge in [0.1, 0.15) is 5.52 Å². The molecule has 0 aliphatic carbocycles. The first-order valence-electron chi connectivity index (χ1n) is 8.85. The van der Waals surface area contributed by atoms with Crippen molar-refractivity contribution in [1.82, 2.24) is 19.9 Å². The van der Waals surface area contributed by atoms with E-state index in [4.69, 9.17) is 21.1 Å². The largest absolute Gasteiger partial charge is 0.453 e. The molecule has 1 aliphatic heterocycles. The van der Waals surface area contributed by atoms with E-state index in [0.717, 1.165) is 5.56 Å². The summed E-state index contributed by atoms with van der Waals surface area (Å²) < 4.78 is 10.9. The molecule has 1 atom stereocenters. The number of anilines is 1. The predicted molar refractivity (Wildman–Crippen MR) is 103 cm³/mol. The highest BCUT2D eigenvalue weighted by molar-refractivity contribution is 6.28. The molecule has 0 N–H and O–H groups in total. The number of ether oxygens (including phenoxy) is 2. The van der Waals surface area contributed by atoms with Crippen LogP contribution in [-0.4, -0.2) is 52.2 Å². The summed E-state index contributed by atoms with van der Waals surface area (Å²) in [4.78, 5) is 31.1. The molecule has 1 unspecified atom stereocenters. The molecule has 0 aromatic carbocycles. The van der Waals surface area contributed by atoms with Crippen LogP contribution in [0.3, 0.4) is 0 Å². The molecule has 0 bridgehead atoms. The van der Waals surface area contributed by atoms with Gasteiger partial charge in [0, 0.05) is 49.7 Å². The number of halogens is 1. The van der Waals surface area contributed by atoms with Crippen molar-refractivity contribution < 1.29 is 14.3 Å². The molecule has 1 aliphatic rings. The van der Waals surface area contributed by atoms with Gasteiger partial charge in [0.05, 0.1) is 18.7 Å². The number of carbonyl (C=O) groups is 1. The second kappa shape index (κ2) is 8.04. The fourth-order valence-corrected chi connectivity index (χ4v) is 3.33. The van der Waals surface area contributed by atoms with E-state index in [1.54, 1.807) is 24.7 Å². The van der Waals surface area contributed by atoms with Gasteiger partial charge in [-0.2, -0.15) is 4.98 Å². The van der Waals surface area contributed by atoms with E-state index in [9.17, 15) is 4.79 Å². The van der Waals surface area contributed by atoms with E-state index in [0.29, 0.717) is 48.7 Å². The average molecular weight is 400 g/mol. The summed E-state index contributed by atoms with van der Waals surface area (Å²) in [5.74, 6) is 0.277. The zero-order valence-corrected chi connectivity index (χ0v) is 16.0. The van der Waals surface area contributed by atoms with Gasteiger partial charge in [-0.25, -0.2) is 4.98 Å². The number of carbonyl (C=O) groups excluding carboxylic acids is 1. The van der Waals surface area contributed by atoms with E-state index < -0.39 is 12.1 Å². The van der Waals surface area contributed by atoms with Crippen LogP contribution in [0.1, 0.15) is 24.2 Å². The maximum Gasteiger partial charge on any atom is 0.303 e. The van der Waals surface area contributed by atoms with Crippen LogP contribution in [0.25, 0.3) is 11.0 Å². The van der Waals surface area contributed by atoms with Crippen LogP contribution < -0.4 is 4.90 Å². The molecule has 0 saturated carbocycles. The van der Waals surface area contributed by atoms with Crippen LogP contribution in [0.15, 0.2) is 36.8 Å². The second-order valence-electron chi connectivity index (χ2n) is 6.33. The first kappa shape index (κ1) is 18.5. The maximum atomic E-state index is 11.7. The summed E-state index contributed by atoms with van der Waals surface area (Å²) >= 11 is 6.17. The number of morpholine rings is 1. The van der Waals surface area contributed by atoms with E-state index >= 15 is 0 Å². The van der Waals surface area contributed by atoms with E-state index in [-0.39, 0.29) is 5.28 Å². The second-order valence-corrected chi connectivity index (χ2v) is 6.67. The van der Waals surface area contributed by atoms with Crippen LogP contribution in [0.2, 0.25) is 5.28 Å². The molecular weight excluding hydrogens is 382 g/mol. The molecule has 1 saturated heterocycles. The van der Waals surface area contributed by atoms with Crippen molar-refractivity contribution in [1.29, 1.82) is 0 Å². The zero-order chi connectivity index (χ0) is 19.5. The third kappa shape index (κ3) is 3.88. The van der Waals surface area contributed by atoms with Gasteiger partial charge >= 0.3 is 5.97 Å². The molecule has 0 spiro atoms. The summed E-state index contributed by atoms with van der Waals surface area (Å²) in [6, 6.07) is 5.45. The molecule has 1 fully saturated rings. The third-order valence-electron chi connectivity index (χ3n) is 4.40. The van der Waals surface area contributed by atoms with Gasteiger partial charge in [0.15, 0.2) is 11.9 Å². The third-order valence-corrected chi connectivity index (χ3v) is 4.56. The van der Waals surface area contributed by atoms with Gasteiger partial charge in [-0.1, -0.05) is 6.07 Å². The number of fused-ring (bicyclic) bond motifs is 1. The van der Waals surface area contributed by atoms with Crippen LogP contribution in [0.4, 0.5) is 5.82 Å². The molecule has 28 heavy (non-hydrogen) atoms. The molecule has 3 aromatic heterocycles. The van der Waals surface area contributed by atoms with Gasteiger partial charge in [0.2, 0.25) is 5.28 Å². The van der Waals surface area contributed by atoms with Gasteiger partial charge < -0.3 is 14.4 Å². The van der Waals surface area contributed by atoms with E-state index in [1.807, 2.05) is 12.1 Å². The van der Waals surface area contributed by atoms with Gasteiger partial charge in [-0.3, -0.25) is 14.8 Å². The monoisotopic (exact) mass is 399 g/mol. The lowest BCUT2D eigenvalue weighted by molar-refractivity contribution is -0.144. The normalized spacial score (nSPS) is 15.4. The van der Waals surface area contributed by atoms with E-state index in [1.165, 1.54) is 6.92 Å². The van der Waals surface area contributed by atoms with Crippen LogP contribution in [0, 0.1) is 0 Å².